The van der Waals surface area contributed by atoms with E-state index in [9.17, 15) is 4.79 Å². The molecule has 0 radical (unpaired) electrons. The average molecular weight is 308 g/mol. The lowest BCUT2D eigenvalue weighted by Gasteiger charge is -2.23. The largest absolute Gasteiger partial charge is 0.310 e. The third kappa shape index (κ3) is 2.21. The van der Waals surface area contributed by atoms with Crippen LogP contribution >= 0.6 is 0 Å². The molecule has 1 N–H and O–H groups in total. The maximum atomic E-state index is 12.2. The van der Waals surface area contributed by atoms with E-state index in [1.165, 1.54) is 6.33 Å². The monoisotopic (exact) mass is 308 g/mol. The number of rotatable bonds is 3. The van der Waals surface area contributed by atoms with Crippen molar-refractivity contribution >= 4 is 11.7 Å². The van der Waals surface area contributed by atoms with E-state index in [1.54, 1.807) is 10.9 Å². The highest BCUT2D eigenvalue weighted by molar-refractivity contribution is 5.94. The minimum Gasteiger partial charge on any atom is -0.310 e. The number of hydrogen-bond acceptors (Lipinski definition) is 4. The SMILES string of the molecule is CCn1ncnc1[C@H]1CC(=O)Nc2c1cnn2-c1ccccc1. The molecule has 0 saturated carbocycles. The number of benzene rings is 1. The molecule has 7 heteroatoms. The number of amides is 1. The normalized spacial score (nSPS) is 16.9. The second-order valence-electron chi connectivity index (χ2n) is 5.43. The summed E-state index contributed by atoms with van der Waals surface area (Å²) in [5.74, 6) is 1.35. The molecule has 0 spiro atoms. The summed E-state index contributed by atoms with van der Waals surface area (Å²) in [6.07, 6.45) is 3.69. The van der Waals surface area contributed by atoms with Crippen molar-refractivity contribution in [3.63, 3.8) is 0 Å². The zero-order chi connectivity index (χ0) is 15.8. The number of aryl methyl sites for hydroxylation is 1. The van der Waals surface area contributed by atoms with Crippen LogP contribution in [0.5, 0.6) is 0 Å². The van der Waals surface area contributed by atoms with Gasteiger partial charge in [0.2, 0.25) is 5.91 Å². The summed E-state index contributed by atoms with van der Waals surface area (Å²) in [5, 5.41) is 11.6. The number of nitrogens with one attached hydrogen (secondary N) is 1. The Hall–Kier alpha value is -2.96. The van der Waals surface area contributed by atoms with Crippen LogP contribution in [0.25, 0.3) is 5.69 Å². The first kappa shape index (κ1) is 13.7. The van der Waals surface area contributed by atoms with E-state index in [4.69, 9.17) is 0 Å². The number of nitrogens with zero attached hydrogens (tertiary/aromatic N) is 5. The maximum absolute atomic E-state index is 12.2. The van der Waals surface area contributed by atoms with Gasteiger partial charge in [-0.25, -0.2) is 14.3 Å². The molecule has 0 bridgehead atoms. The molecular weight excluding hydrogens is 292 g/mol. The molecule has 3 aromatic rings. The first-order valence-electron chi connectivity index (χ1n) is 7.58. The molecule has 3 heterocycles. The molecule has 0 aliphatic carbocycles. The van der Waals surface area contributed by atoms with E-state index >= 15 is 0 Å². The molecule has 0 unspecified atom stereocenters. The van der Waals surface area contributed by atoms with Gasteiger partial charge in [-0.05, 0) is 19.1 Å². The fraction of sp³-hybridized carbons (Fsp3) is 0.250. The van der Waals surface area contributed by atoms with Crippen molar-refractivity contribution in [3.05, 3.63) is 54.2 Å². The summed E-state index contributed by atoms with van der Waals surface area (Å²) < 4.78 is 3.58. The molecule has 1 aromatic carbocycles. The predicted molar refractivity (Wildman–Crippen MR) is 84.3 cm³/mol. The maximum Gasteiger partial charge on any atom is 0.226 e. The van der Waals surface area contributed by atoms with Crippen LogP contribution in [0, 0.1) is 0 Å². The highest BCUT2D eigenvalue weighted by Gasteiger charge is 2.33. The quantitative estimate of drug-likeness (QED) is 0.802. The highest BCUT2D eigenvalue weighted by Crippen LogP contribution is 2.37. The summed E-state index contributed by atoms with van der Waals surface area (Å²) in [5.41, 5.74) is 1.88. The van der Waals surface area contributed by atoms with Crippen LogP contribution in [-0.2, 0) is 11.3 Å². The summed E-state index contributed by atoms with van der Waals surface area (Å²) in [7, 11) is 0. The fourth-order valence-corrected chi connectivity index (χ4v) is 3.00. The number of para-hydroxylation sites is 1. The zero-order valence-electron chi connectivity index (χ0n) is 12.7. The van der Waals surface area contributed by atoms with E-state index in [0.717, 1.165) is 23.6 Å². The summed E-state index contributed by atoms with van der Waals surface area (Å²) in [4.78, 5) is 16.6. The van der Waals surface area contributed by atoms with Gasteiger partial charge in [0, 0.05) is 18.5 Å². The van der Waals surface area contributed by atoms with Gasteiger partial charge in [0.15, 0.2) is 0 Å². The van der Waals surface area contributed by atoms with Crippen LogP contribution in [0.4, 0.5) is 5.82 Å². The van der Waals surface area contributed by atoms with Gasteiger partial charge >= 0.3 is 0 Å². The van der Waals surface area contributed by atoms with Gasteiger partial charge in [-0.3, -0.25) is 4.79 Å². The molecule has 0 saturated heterocycles. The first-order valence-corrected chi connectivity index (χ1v) is 7.58. The Balaban J connectivity index is 1.83. The summed E-state index contributed by atoms with van der Waals surface area (Å²) in [6, 6.07) is 9.75. The van der Waals surface area contributed by atoms with Crippen LogP contribution in [-0.4, -0.2) is 30.5 Å². The van der Waals surface area contributed by atoms with Gasteiger partial charge in [0.1, 0.15) is 18.0 Å². The van der Waals surface area contributed by atoms with E-state index in [-0.39, 0.29) is 11.8 Å². The lowest BCUT2D eigenvalue weighted by atomic mass is 9.93. The molecule has 1 aliphatic heterocycles. The molecule has 1 amide bonds. The molecule has 0 fully saturated rings. The number of aromatic nitrogens is 5. The van der Waals surface area contributed by atoms with E-state index < -0.39 is 0 Å². The van der Waals surface area contributed by atoms with E-state index in [1.807, 2.05) is 41.9 Å². The van der Waals surface area contributed by atoms with Crippen LogP contribution in [0.1, 0.15) is 30.7 Å². The van der Waals surface area contributed by atoms with Gasteiger partial charge < -0.3 is 5.32 Å². The van der Waals surface area contributed by atoms with Crippen molar-refractivity contribution in [3.8, 4) is 5.69 Å². The Labute approximate surface area is 133 Å². The number of anilines is 1. The lowest BCUT2D eigenvalue weighted by molar-refractivity contribution is -0.116. The number of fused-ring (bicyclic) bond motifs is 1. The van der Waals surface area contributed by atoms with Crippen molar-refractivity contribution in [2.45, 2.75) is 25.8 Å². The minimum absolute atomic E-state index is 0.0363. The number of carbonyl (C=O) groups excluding carboxylic acids is 1. The van der Waals surface area contributed by atoms with Gasteiger partial charge in [-0.2, -0.15) is 10.2 Å². The van der Waals surface area contributed by atoms with Crippen molar-refractivity contribution in [1.82, 2.24) is 24.5 Å². The van der Waals surface area contributed by atoms with Gasteiger partial charge in [-0.15, -0.1) is 0 Å². The summed E-state index contributed by atoms with van der Waals surface area (Å²) >= 11 is 0. The van der Waals surface area contributed by atoms with Crippen LogP contribution in [0.2, 0.25) is 0 Å². The van der Waals surface area contributed by atoms with Crippen LogP contribution < -0.4 is 5.32 Å². The lowest BCUT2D eigenvalue weighted by Crippen LogP contribution is -2.26. The Morgan fingerprint density at radius 1 is 1.26 bits per heavy atom. The molecule has 23 heavy (non-hydrogen) atoms. The molecule has 1 aliphatic rings. The number of carbonyl (C=O) groups is 1. The fourth-order valence-electron chi connectivity index (χ4n) is 3.00. The third-order valence-electron chi connectivity index (χ3n) is 4.08. The van der Waals surface area contributed by atoms with Gasteiger partial charge in [0.25, 0.3) is 0 Å². The molecule has 2 aromatic heterocycles. The van der Waals surface area contributed by atoms with Crippen molar-refractivity contribution in [2.24, 2.45) is 0 Å². The molecular formula is C16H16N6O. The molecule has 116 valence electrons. The molecule has 4 rings (SSSR count). The predicted octanol–water partition coefficient (Wildman–Crippen LogP) is 1.96. The van der Waals surface area contributed by atoms with Crippen molar-refractivity contribution in [1.29, 1.82) is 0 Å². The average Bonchev–Trinajstić information content (AvgIpc) is 3.21. The second kappa shape index (κ2) is 5.35. The smallest absolute Gasteiger partial charge is 0.226 e. The Bertz CT molecular complexity index is 851. The van der Waals surface area contributed by atoms with E-state index in [0.29, 0.717) is 12.2 Å². The molecule has 7 nitrogen and oxygen atoms in total. The van der Waals surface area contributed by atoms with Crippen molar-refractivity contribution in [2.75, 3.05) is 5.32 Å². The third-order valence-corrected chi connectivity index (χ3v) is 4.08. The first-order chi connectivity index (χ1) is 11.3. The summed E-state index contributed by atoms with van der Waals surface area (Å²) in [6.45, 7) is 2.73. The Morgan fingerprint density at radius 2 is 2.09 bits per heavy atom. The Kier molecular flexibility index (Phi) is 3.18. The minimum atomic E-state index is -0.126. The van der Waals surface area contributed by atoms with Gasteiger partial charge in [-0.1, -0.05) is 18.2 Å². The molecule has 1 atom stereocenters. The van der Waals surface area contributed by atoms with Crippen molar-refractivity contribution < 1.29 is 4.79 Å². The second-order valence-corrected chi connectivity index (χ2v) is 5.43. The van der Waals surface area contributed by atoms with E-state index in [2.05, 4.69) is 20.5 Å². The van der Waals surface area contributed by atoms with Crippen LogP contribution in [0.15, 0.2) is 42.9 Å². The van der Waals surface area contributed by atoms with Gasteiger partial charge in [0.05, 0.1) is 17.8 Å². The number of hydrogen-bond donors (Lipinski definition) is 1. The highest BCUT2D eigenvalue weighted by atomic mass is 16.1. The topological polar surface area (TPSA) is 77.6 Å². The standard InChI is InChI=1S/C16H16N6O/c1-2-21-15(17-10-19-21)12-8-14(23)20-16-13(12)9-18-22(16)11-6-4-3-5-7-11/h3-7,9-10,12H,2,8H2,1H3,(H,20,23)/t12-/m0/s1. The Morgan fingerprint density at radius 3 is 2.87 bits per heavy atom. The van der Waals surface area contributed by atoms with Crippen LogP contribution in [0.3, 0.4) is 0 Å². The zero-order valence-corrected chi connectivity index (χ0v) is 12.7.